The zero-order chi connectivity index (χ0) is 11.2. The number of aromatic amines is 1. The molecule has 0 aliphatic carbocycles. The van der Waals surface area contributed by atoms with E-state index in [1.807, 2.05) is 6.20 Å². The van der Waals surface area contributed by atoms with Crippen LogP contribution in [0.2, 0.25) is 0 Å². The van der Waals surface area contributed by atoms with E-state index in [0.717, 1.165) is 5.65 Å². The normalized spacial score (nSPS) is 12.3. The van der Waals surface area contributed by atoms with Crippen molar-refractivity contribution in [3.05, 3.63) is 29.1 Å². The van der Waals surface area contributed by atoms with Crippen LogP contribution in [0, 0.1) is 13.8 Å². The second-order valence-corrected chi connectivity index (χ2v) is 5.25. The summed E-state index contributed by atoms with van der Waals surface area (Å²) in [5, 5.41) is 1.25. The Hall–Kier alpha value is -1.31. The molecule has 0 amide bonds. The maximum Gasteiger partial charge on any atom is 0.137 e. The molecule has 0 unspecified atom stereocenters. The number of nitrogens with zero attached hydrogens (tertiary/aromatic N) is 1. The zero-order valence-corrected chi connectivity index (χ0v) is 10.1. The molecule has 0 aromatic carbocycles. The van der Waals surface area contributed by atoms with Gasteiger partial charge < -0.3 is 4.98 Å². The van der Waals surface area contributed by atoms with E-state index in [-0.39, 0.29) is 5.41 Å². The molecule has 0 atom stereocenters. The Balaban J connectivity index is 2.70. The molecule has 0 saturated carbocycles. The fraction of sp³-hybridized carbons (Fsp3) is 0.462. The lowest BCUT2D eigenvalue weighted by Crippen LogP contribution is -2.11. The second kappa shape index (κ2) is 3.09. The van der Waals surface area contributed by atoms with Crippen LogP contribution in [-0.4, -0.2) is 9.97 Å². The predicted octanol–water partition coefficient (Wildman–Crippen LogP) is 3.48. The fourth-order valence-electron chi connectivity index (χ4n) is 1.73. The predicted molar refractivity (Wildman–Crippen MR) is 64.3 cm³/mol. The summed E-state index contributed by atoms with van der Waals surface area (Å²) in [6.45, 7) is 10.9. The first-order chi connectivity index (χ1) is 6.89. The van der Waals surface area contributed by atoms with E-state index in [1.54, 1.807) is 0 Å². The van der Waals surface area contributed by atoms with Gasteiger partial charge in [-0.15, -0.1) is 0 Å². The molecular weight excluding hydrogens is 184 g/mol. The van der Waals surface area contributed by atoms with Crippen LogP contribution in [0.4, 0.5) is 0 Å². The molecule has 0 bridgehead atoms. The van der Waals surface area contributed by atoms with Crippen LogP contribution in [0.25, 0.3) is 11.0 Å². The number of pyridine rings is 1. The highest BCUT2D eigenvalue weighted by molar-refractivity contribution is 5.81. The largest absolute Gasteiger partial charge is 0.343 e. The molecule has 2 heteroatoms. The van der Waals surface area contributed by atoms with Crippen LogP contribution in [0.15, 0.2) is 12.3 Å². The van der Waals surface area contributed by atoms with Crippen molar-refractivity contribution in [3.63, 3.8) is 0 Å². The third-order valence-corrected chi connectivity index (χ3v) is 3.03. The molecule has 0 aliphatic rings. The van der Waals surface area contributed by atoms with E-state index in [9.17, 15) is 0 Å². The van der Waals surface area contributed by atoms with Crippen molar-refractivity contribution in [1.29, 1.82) is 0 Å². The number of aromatic nitrogens is 2. The Labute approximate surface area is 90.7 Å². The minimum atomic E-state index is 0.165. The van der Waals surface area contributed by atoms with Gasteiger partial charge in [0.05, 0.1) is 0 Å². The van der Waals surface area contributed by atoms with E-state index >= 15 is 0 Å². The lowest BCUT2D eigenvalue weighted by atomic mass is 9.88. The van der Waals surface area contributed by atoms with E-state index < -0.39 is 0 Å². The first-order valence-electron chi connectivity index (χ1n) is 5.35. The summed E-state index contributed by atoms with van der Waals surface area (Å²) in [6.07, 6.45) is 1.97. The van der Waals surface area contributed by atoms with E-state index in [0.29, 0.717) is 0 Å². The van der Waals surface area contributed by atoms with Crippen molar-refractivity contribution in [2.75, 3.05) is 0 Å². The molecule has 1 N–H and O–H groups in total. The number of aryl methyl sites for hydroxylation is 2. The van der Waals surface area contributed by atoms with Crippen molar-refractivity contribution >= 4 is 11.0 Å². The number of H-pyrrole nitrogens is 1. The van der Waals surface area contributed by atoms with Crippen LogP contribution < -0.4 is 0 Å². The van der Waals surface area contributed by atoms with Gasteiger partial charge in [0.1, 0.15) is 5.65 Å². The minimum absolute atomic E-state index is 0.165. The molecule has 80 valence electrons. The first kappa shape index (κ1) is 10.2. The van der Waals surface area contributed by atoms with Crippen LogP contribution >= 0.6 is 0 Å². The summed E-state index contributed by atoms with van der Waals surface area (Å²) in [4.78, 5) is 7.77. The van der Waals surface area contributed by atoms with Gasteiger partial charge in [-0.1, -0.05) is 20.8 Å². The van der Waals surface area contributed by atoms with E-state index in [1.165, 1.54) is 22.2 Å². The van der Waals surface area contributed by atoms with Gasteiger partial charge in [-0.2, -0.15) is 0 Å². The number of fused-ring (bicyclic) bond motifs is 1. The lowest BCUT2D eigenvalue weighted by molar-refractivity contribution is 0.588. The summed E-state index contributed by atoms with van der Waals surface area (Å²) < 4.78 is 0. The van der Waals surface area contributed by atoms with E-state index in [2.05, 4.69) is 50.7 Å². The zero-order valence-electron chi connectivity index (χ0n) is 10.1. The third-order valence-electron chi connectivity index (χ3n) is 3.03. The Morgan fingerprint density at radius 2 is 1.87 bits per heavy atom. The summed E-state index contributed by atoms with van der Waals surface area (Å²) in [6, 6.07) is 2.25. The molecule has 2 aromatic rings. The number of nitrogens with one attached hydrogen (secondary N) is 1. The van der Waals surface area contributed by atoms with Crippen LogP contribution in [-0.2, 0) is 5.41 Å². The Bertz CT molecular complexity index is 501. The molecule has 2 heterocycles. The first-order valence-corrected chi connectivity index (χ1v) is 5.35. The molecule has 0 radical (unpaired) electrons. The van der Waals surface area contributed by atoms with Gasteiger partial charge in [-0.05, 0) is 36.5 Å². The molecule has 0 fully saturated rings. The monoisotopic (exact) mass is 202 g/mol. The van der Waals surface area contributed by atoms with Gasteiger partial charge in [0.25, 0.3) is 0 Å². The SMILES string of the molecule is Cc1[nH]c2ncc(C(C)(C)C)cc2c1C. The number of rotatable bonds is 0. The highest BCUT2D eigenvalue weighted by Crippen LogP contribution is 2.26. The number of hydrogen-bond acceptors (Lipinski definition) is 1. The Morgan fingerprint density at radius 3 is 2.47 bits per heavy atom. The topological polar surface area (TPSA) is 28.7 Å². The second-order valence-electron chi connectivity index (χ2n) is 5.25. The molecule has 2 rings (SSSR count). The molecule has 2 nitrogen and oxygen atoms in total. The molecule has 0 spiro atoms. The van der Waals surface area contributed by atoms with Crippen molar-refractivity contribution in [3.8, 4) is 0 Å². The standard InChI is InChI=1S/C13H18N2/c1-8-9(2)15-12-11(8)6-10(7-14-12)13(3,4)5/h6-7H,1-5H3,(H,14,15). The van der Waals surface area contributed by atoms with Crippen molar-refractivity contribution in [1.82, 2.24) is 9.97 Å². The smallest absolute Gasteiger partial charge is 0.137 e. The van der Waals surface area contributed by atoms with Gasteiger partial charge in [0.15, 0.2) is 0 Å². The highest BCUT2D eigenvalue weighted by Gasteiger charge is 2.15. The molecule has 15 heavy (non-hydrogen) atoms. The van der Waals surface area contributed by atoms with Crippen molar-refractivity contribution < 1.29 is 0 Å². The molecule has 0 saturated heterocycles. The van der Waals surface area contributed by atoms with Gasteiger partial charge >= 0.3 is 0 Å². The third kappa shape index (κ3) is 1.65. The quantitative estimate of drug-likeness (QED) is 0.696. The maximum absolute atomic E-state index is 4.47. The summed E-state index contributed by atoms with van der Waals surface area (Å²) in [5.41, 5.74) is 4.97. The van der Waals surface area contributed by atoms with Gasteiger partial charge in [-0.25, -0.2) is 4.98 Å². The van der Waals surface area contributed by atoms with Gasteiger partial charge in [0, 0.05) is 17.3 Å². The summed E-state index contributed by atoms with van der Waals surface area (Å²) in [5.74, 6) is 0. The van der Waals surface area contributed by atoms with Crippen molar-refractivity contribution in [2.45, 2.75) is 40.0 Å². The van der Waals surface area contributed by atoms with Crippen LogP contribution in [0.3, 0.4) is 0 Å². The summed E-state index contributed by atoms with van der Waals surface area (Å²) in [7, 11) is 0. The van der Waals surface area contributed by atoms with Gasteiger partial charge in [-0.3, -0.25) is 0 Å². The van der Waals surface area contributed by atoms with Crippen LogP contribution in [0.5, 0.6) is 0 Å². The molecular formula is C13H18N2. The minimum Gasteiger partial charge on any atom is -0.343 e. The summed E-state index contributed by atoms with van der Waals surface area (Å²) >= 11 is 0. The maximum atomic E-state index is 4.47. The average molecular weight is 202 g/mol. The van der Waals surface area contributed by atoms with Gasteiger partial charge in [0.2, 0.25) is 0 Å². The van der Waals surface area contributed by atoms with Crippen molar-refractivity contribution in [2.24, 2.45) is 0 Å². The number of hydrogen-bond donors (Lipinski definition) is 1. The van der Waals surface area contributed by atoms with E-state index in [4.69, 9.17) is 0 Å². The fourth-order valence-corrected chi connectivity index (χ4v) is 1.73. The van der Waals surface area contributed by atoms with Crippen LogP contribution in [0.1, 0.15) is 37.6 Å². The Kier molecular flexibility index (Phi) is 2.10. The lowest BCUT2D eigenvalue weighted by Gasteiger charge is -2.18. The average Bonchev–Trinajstić information content (AvgIpc) is 2.41. The highest BCUT2D eigenvalue weighted by atomic mass is 14.9. The molecule has 2 aromatic heterocycles. The molecule has 0 aliphatic heterocycles. The Morgan fingerprint density at radius 1 is 1.20 bits per heavy atom.